The van der Waals surface area contributed by atoms with Gasteiger partial charge >= 0.3 is 6.18 Å². The highest BCUT2D eigenvalue weighted by Gasteiger charge is 2.31. The molecule has 0 aromatic carbocycles. The molecule has 0 rings (SSSR count). The summed E-state index contributed by atoms with van der Waals surface area (Å²) in [6, 6.07) is -0.415. The second-order valence-electron chi connectivity index (χ2n) is 4.60. The number of hydrogen-bond donors (Lipinski definition) is 1. The van der Waals surface area contributed by atoms with E-state index in [0.717, 1.165) is 19.3 Å². The van der Waals surface area contributed by atoms with E-state index in [1.54, 1.807) is 0 Å². The number of hydrogen-bond acceptors (Lipinski definition) is 1. The van der Waals surface area contributed by atoms with Gasteiger partial charge in [0.1, 0.15) is 0 Å². The third-order valence-electron chi connectivity index (χ3n) is 2.63. The van der Waals surface area contributed by atoms with Gasteiger partial charge in [-0.1, -0.05) is 33.6 Å². The Balaban J connectivity index is 4.09. The van der Waals surface area contributed by atoms with Crippen LogP contribution in [0.4, 0.5) is 13.2 Å². The molecule has 4 heteroatoms. The molecule has 16 heavy (non-hydrogen) atoms. The lowest BCUT2D eigenvalue weighted by molar-refractivity contribution is -0.140. The standard InChI is InChI=1S/C12H24F3N/c1-4-6-10(3)8-11(16-7-5-2)9-12(13,14)15/h10-11,16H,4-9H2,1-3H3. The molecule has 0 amide bonds. The molecular weight excluding hydrogens is 215 g/mol. The van der Waals surface area contributed by atoms with Crippen LogP contribution >= 0.6 is 0 Å². The minimum atomic E-state index is -4.06. The van der Waals surface area contributed by atoms with Gasteiger partial charge in [-0.3, -0.25) is 0 Å². The predicted molar refractivity (Wildman–Crippen MR) is 61.4 cm³/mol. The lowest BCUT2D eigenvalue weighted by Gasteiger charge is -2.23. The minimum absolute atomic E-state index is 0.363. The van der Waals surface area contributed by atoms with Gasteiger partial charge in [0.15, 0.2) is 0 Å². The molecule has 0 aromatic heterocycles. The third kappa shape index (κ3) is 9.01. The van der Waals surface area contributed by atoms with Gasteiger partial charge in [-0.15, -0.1) is 0 Å². The molecule has 1 nitrogen and oxygen atoms in total. The smallest absolute Gasteiger partial charge is 0.314 e. The second-order valence-corrected chi connectivity index (χ2v) is 4.60. The van der Waals surface area contributed by atoms with Crippen LogP contribution in [0.5, 0.6) is 0 Å². The molecule has 2 atom stereocenters. The van der Waals surface area contributed by atoms with Crippen molar-refractivity contribution in [3.63, 3.8) is 0 Å². The number of rotatable bonds is 8. The Bertz CT molecular complexity index is 168. The van der Waals surface area contributed by atoms with E-state index in [0.29, 0.717) is 18.9 Å². The van der Waals surface area contributed by atoms with Crippen molar-refractivity contribution in [1.29, 1.82) is 0 Å². The minimum Gasteiger partial charge on any atom is -0.314 e. The molecular formula is C12H24F3N. The van der Waals surface area contributed by atoms with E-state index >= 15 is 0 Å². The first kappa shape index (κ1) is 15.8. The average Bonchev–Trinajstić information content (AvgIpc) is 2.12. The zero-order valence-corrected chi connectivity index (χ0v) is 10.5. The molecule has 0 fully saturated rings. The first-order valence-electron chi connectivity index (χ1n) is 6.19. The van der Waals surface area contributed by atoms with Gasteiger partial charge in [0, 0.05) is 6.04 Å². The Morgan fingerprint density at radius 1 is 1.12 bits per heavy atom. The number of alkyl halides is 3. The summed E-state index contributed by atoms with van der Waals surface area (Å²) in [6.07, 6.45) is -1.24. The van der Waals surface area contributed by atoms with Gasteiger partial charge in [0.25, 0.3) is 0 Å². The van der Waals surface area contributed by atoms with Gasteiger partial charge < -0.3 is 5.32 Å². The Kier molecular flexibility index (Phi) is 7.81. The highest BCUT2D eigenvalue weighted by atomic mass is 19.4. The maximum atomic E-state index is 12.3. The molecule has 0 radical (unpaired) electrons. The van der Waals surface area contributed by atoms with Crippen molar-refractivity contribution >= 4 is 0 Å². The Morgan fingerprint density at radius 3 is 2.19 bits per heavy atom. The van der Waals surface area contributed by atoms with Crippen LogP contribution in [0.2, 0.25) is 0 Å². The molecule has 0 aliphatic heterocycles. The molecule has 0 saturated carbocycles. The molecule has 1 N–H and O–H groups in total. The van der Waals surface area contributed by atoms with Crippen molar-refractivity contribution in [3.8, 4) is 0 Å². The van der Waals surface area contributed by atoms with E-state index in [9.17, 15) is 13.2 Å². The van der Waals surface area contributed by atoms with Crippen molar-refractivity contribution in [2.24, 2.45) is 5.92 Å². The summed E-state index contributed by atoms with van der Waals surface area (Å²) in [6.45, 7) is 6.72. The van der Waals surface area contributed by atoms with E-state index in [1.165, 1.54) is 0 Å². The van der Waals surface area contributed by atoms with Crippen molar-refractivity contribution in [3.05, 3.63) is 0 Å². The molecule has 0 heterocycles. The maximum absolute atomic E-state index is 12.3. The molecule has 0 bridgehead atoms. The molecule has 0 aliphatic carbocycles. The highest BCUT2D eigenvalue weighted by Crippen LogP contribution is 2.25. The molecule has 0 saturated heterocycles. The Hall–Kier alpha value is -0.250. The van der Waals surface area contributed by atoms with Crippen LogP contribution in [0.25, 0.3) is 0 Å². The number of nitrogens with one attached hydrogen (secondary N) is 1. The molecule has 98 valence electrons. The van der Waals surface area contributed by atoms with Gasteiger partial charge in [0.05, 0.1) is 6.42 Å². The third-order valence-corrected chi connectivity index (χ3v) is 2.63. The van der Waals surface area contributed by atoms with E-state index < -0.39 is 18.6 Å². The predicted octanol–water partition coefficient (Wildman–Crippen LogP) is 4.13. The second kappa shape index (κ2) is 7.93. The van der Waals surface area contributed by atoms with Crippen LogP contribution in [0.1, 0.15) is 52.9 Å². The van der Waals surface area contributed by atoms with Crippen molar-refractivity contribution in [2.75, 3.05) is 6.54 Å². The van der Waals surface area contributed by atoms with Crippen LogP contribution in [-0.4, -0.2) is 18.8 Å². The van der Waals surface area contributed by atoms with E-state index in [1.807, 2.05) is 13.8 Å². The first-order chi connectivity index (χ1) is 7.39. The zero-order chi connectivity index (χ0) is 12.6. The summed E-state index contributed by atoms with van der Waals surface area (Å²) in [4.78, 5) is 0. The summed E-state index contributed by atoms with van der Waals surface area (Å²) in [5.41, 5.74) is 0. The van der Waals surface area contributed by atoms with E-state index in [-0.39, 0.29) is 0 Å². The van der Waals surface area contributed by atoms with Gasteiger partial charge in [-0.25, -0.2) is 0 Å². The Labute approximate surface area is 96.8 Å². The lowest BCUT2D eigenvalue weighted by atomic mass is 9.95. The zero-order valence-electron chi connectivity index (χ0n) is 10.5. The number of halogens is 3. The van der Waals surface area contributed by atoms with Crippen molar-refractivity contribution < 1.29 is 13.2 Å². The van der Waals surface area contributed by atoms with E-state index in [4.69, 9.17) is 0 Å². The fraction of sp³-hybridized carbons (Fsp3) is 1.00. The van der Waals surface area contributed by atoms with Crippen LogP contribution in [0.3, 0.4) is 0 Å². The van der Waals surface area contributed by atoms with Crippen LogP contribution in [0, 0.1) is 5.92 Å². The fourth-order valence-corrected chi connectivity index (χ4v) is 1.96. The lowest BCUT2D eigenvalue weighted by Crippen LogP contribution is -2.35. The topological polar surface area (TPSA) is 12.0 Å². The summed E-state index contributed by atoms with van der Waals surface area (Å²) in [7, 11) is 0. The van der Waals surface area contributed by atoms with Gasteiger partial charge in [0.2, 0.25) is 0 Å². The van der Waals surface area contributed by atoms with Gasteiger partial charge in [-0.2, -0.15) is 13.2 Å². The molecule has 0 spiro atoms. The summed E-state index contributed by atoms with van der Waals surface area (Å²) < 4.78 is 37.0. The van der Waals surface area contributed by atoms with Crippen molar-refractivity contribution in [2.45, 2.75) is 65.1 Å². The van der Waals surface area contributed by atoms with Crippen LogP contribution < -0.4 is 5.32 Å². The van der Waals surface area contributed by atoms with Crippen LogP contribution in [0.15, 0.2) is 0 Å². The Morgan fingerprint density at radius 2 is 1.75 bits per heavy atom. The van der Waals surface area contributed by atoms with Crippen LogP contribution in [-0.2, 0) is 0 Å². The molecule has 0 aromatic rings. The highest BCUT2D eigenvalue weighted by molar-refractivity contribution is 4.73. The maximum Gasteiger partial charge on any atom is 0.390 e. The SMILES string of the molecule is CCCNC(CC(C)CCC)CC(F)(F)F. The fourth-order valence-electron chi connectivity index (χ4n) is 1.96. The summed E-state index contributed by atoms with van der Waals surface area (Å²) in [5.74, 6) is 0.363. The average molecular weight is 239 g/mol. The molecule has 2 unspecified atom stereocenters. The summed E-state index contributed by atoms with van der Waals surface area (Å²) in [5, 5.41) is 3.00. The largest absolute Gasteiger partial charge is 0.390 e. The van der Waals surface area contributed by atoms with Gasteiger partial charge in [-0.05, 0) is 25.3 Å². The quantitative estimate of drug-likeness (QED) is 0.671. The monoisotopic (exact) mass is 239 g/mol. The molecule has 0 aliphatic rings. The van der Waals surface area contributed by atoms with Crippen molar-refractivity contribution in [1.82, 2.24) is 5.32 Å². The first-order valence-corrected chi connectivity index (χ1v) is 6.19. The summed E-state index contributed by atoms with van der Waals surface area (Å²) >= 11 is 0. The normalized spacial score (nSPS) is 16.1. The van der Waals surface area contributed by atoms with E-state index in [2.05, 4.69) is 12.2 Å².